The van der Waals surface area contributed by atoms with E-state index in [2.05, 4.69) is 16.3 Å². The first-order valence-electron chi connectivity index (χ1n) is 2.30. The Hall–Kier alpha value is -1.39. The van der Waals surface area contributed by atoms with Gasteiger partial charge in [0.25, 0.3) is 0 Å². The lowest BCUT2D eigenvalue weighted by atomic mass is 10.7. The second kappa shape index (κ2) is 1.85. The molecule has 47 valence electrons. The fourth-order valence-electron chi connectivity index (χ4n) is 0.386. The second-order valence-electron chi connectivity index (χ2n) is 1.52. The summed E-state index contributed by atoms with van der Waals surface area (Å²) in [5.74, 6) is 5.58. The largest absolute Gasteiger partial charge is 0.370 e. The Balaban J connectivity index is 3.34. The molecule has 1 aromatic heterocycles. The third-order valence-corrected chi connectivity index (χ3v) is 0.859. The van der Waals surface area contributed by atoms with Crippen LogP contribution in [-0.2, 0) is 0 Å². The van der Waals surface area contributed by atoms with E-state index in [0.29, 0.717) is 5.82 Å². The average molecular weight is 125 g/mol. The minimum atomic E-state index is -0.561. The van der Waals surface area contributed by atoms with Crippen LogP contribution in [-0.4, -0.2) is 14.6 Å². The lowest BCUT2D eigenvalue weighted by Crippen LogP contribution is -2.22. The fourth-order valence-corrected chi connectivity index (χ4v) is 0.386. The van der Waals surface area contributed by atoms with Crippen LogP contribution in [0.4, 0.5) is 0 Å². The summed E-state index contributed by atoms with van der Waals surface area (Å²) >= 11 is 0. The predicted molar refractivity (Wildman–Crippen MR) is 30.0 cm³/mol. The van der Waals surface area contributed by atoms with Crippen LogP contribution in [0.2, 0.25) is 0 Å². The molecule has 0 saturated heterocycles. The molecule has 0 atom stereocenters. The van der Waals surface area contributed by atoms with Crippen molar-refractivity contribution in [2.75, 3.05) is 5.84 Å². The predicted octanol–water partition coefficient (Wildman–Crippen LogP) is -1.54. The highest BCUT2D eigenvalue weighted by Gasteiger charge is 1.91. The molecule has 0 aliphatic carbocycles. The SMILES string of the molecule is Cc1nc(=O)n[c]n1N. The van der Waals surface area contributed by atoms with Gasteiger partial charge >= 0.3 is 5.69 Å². The lowest BCUT2D eigenvalue weighted by molar-refractivity contribution is 0.786. The number of hydrogen-bond acceptors (Lipinski definition) is 4. The number of nitrogen functional groups attached to an aromatic ring is 1. The van der Waals surface area contributed by atoms with Crippen LogP contribution < -0.4 is 11.5 Å². The molecule has 0 fully saturated rings. The van der Waals surface area contributed by atoms with Gasteiger partial charge in [0.15, 0.2) is 0 Å². The third-order valence-electron chi connectivity index (χ3n) is 0.859. The summed E-state index contributed by atoms with van der Waals surface area (Å²) in [7, 11) is 0. The van der Waals surface area contributed by atoms with Crippen LogP contribution in [0, 0.1) is 13.3 Å². The van der Waals surface area contributed by atoms with Gasteiger partial charge in [0.1, 0.15) is 5.82 Å². The van der Waals surface area contributed by atoms with Gasteiger partial charge in [-0.3, -0.25) is 0 Å². The second-order valence-corrected chi connectivity index (χ2v) is 1.52. The zero-order chi connectivity index (χ0) is 6.85. The zero-order valence-corrected chi connectivity index (χ0v) is 4.83. The summed E-state index contributed by atoms with van der Waals surface area (Å²) in [6.07, 6.45) is 2.24. The summed E-state index contributed by atoms with van der Waals surface area (Å²) in [5.41, 5.74) is -0.561. The van der Waals surface area contributed by atoms with Crippen molar-refractivity contribution in [2.45, 2.75) is 6.92 Å². The Labute approximate surface area is 51.1 Å². The van der Waals surface area contributed by atoms with E-state index >= 15 is 0 Å². The summed E-state index contributed by atoms with van der Waals surface area (Å²) in [6, 6.07) is 0. The number of aryl methyl sites for hydroxylation is 1. The maximum atomic E-state index is 10.3. The molecule has 1 rings (SSSR count). The van der Waals surface area contributed by atoms with Crippen molar-refractivity contribution in [3.63, 3.8) is 0 Å². The monoisotopic (exact) mass is 125 g/mol. The van der Waals surface area contributed by atoms with Crippen LogP contribution in [0.25, 0.3) is 0 Å². The van der Waals surface area contributed by atoms with E-state index in [-0.39, 0.29) is 0 Å². The van der Waals surface area contributed by atoms with Crippen molar-refractivity contribution in [3.8, 4) is 0 Å². The minimum absolute atomic E-state index is 0.398. The Kier molecular flexibility index (Phi) is 1.18. The molecule has 2 N–H and O–H groups in total. The van der Waals surface area contributed by atoms with Crippen molar-refractivity contribution in [1.29, 1.82) is 0 Å². The lowest BCUT2D eigenvalue weighted by Gasteiger charge is -1.95. The minimum Gasteiger partial charge on any atom is -0.336 e. The van der Waals surface area contributed by atoms with Crippen LogP contribution in [0.3, 0.4) is 0 Å². The topological polar surface area (TPSA) is 73.8 Å². The number of hydrogen-bond donors (Lipinski definition) is 1. The van der Waals surface area contributed by atoms with Crippen LogP contribution in [0.5, 0.6) is 0 Å². The van der Waals surface area contributed by atoms with Gasteiger partial charge in [0.2, 0.25) is 6.33 Å². The molecule has 0 aliphatic heterocycles. The highest BCUT2D eigenvalue weighted by Crippen LogP contribution is 1.75. The summed E-state index contributed by atoms with van der Waals surface area (Å²) < 4.78 is 1.06. The molecule has 0 saturated carbocycles. The molecule has 0 bridgehead atoms. The Bertz CT molecular complexity index is 266. The third kappa shape index (κ3) is 1.04. The molecule has 9 heavy (non-hydrogen) atoms. The zero-order valence-electron chi connectivity index (χ0n) is 4.83. The average Bonchev–Trinajstić information content (AvgIpc) is 1.80. The summed E-state index contributed by atoms with van der Waals surface area (Å²) in [5, 5.41) is 0. The van der Waals surface area contributed by atoms with Crippen LogP contribution >= 0.6 is 0 Å². The molecule has 0 unspecified atom stereocenters. The van der Waals surface area contributed by atoms with Crippen LogP contribution in [0.1, 0.15) is 5.82 Å². The first kappa shape index (κ1) is 5.74. The van der Waals surface area contributed by atoms with Crippen molar-refractivity contribution in [3.05, 3.63) is 22.6 Å². The van der Waals surface area contributed by atoms with Gasteiger partial charge in [0, 0.05) is 0 Å². The van der Waals surface area contributed by atoms with E-state index in [9.17, 15) is 4.79 Å². The summed E-state index contributed by atoms with van der Waals surface area (Å²) in [6.45, 7) is 1.60. The van der Waals surface area contributed by atoms with Gasteiger partial charge in [0.05, 0.1) is 0 Å². The quantitative estimate of drug-likeness (QED) is 0.426. The van der Waals surface area contributed by atoms with E-state index in [1.807, 2.05) is 0 Å². The van der Waals surface area contributed by atoms with Gasteiger partial charge in [-0.2, -0.15) is 9.97 Å². The number of aromatic nitrogens is 3. The van der Waals surface area contributed by atoms with Gasteiger partial charge in [-0.25, -0.2) is 9.47 Å². The first-order valence-corrected chi connectivity index (χ1v) is 2.30. The van der Waals surface area contributed by atoms with Gasteiger partial charge in [-0.05, 0) is 6.92 Å². The molecular formula is C4H5N4O. The van der Waals surface area contributed by atoms with E-state index in [1.165, 1.54) is 0 Å². The molecule has 0 spiro atoms. The van der Waals surface area contributed by atoms with E-state index < -0.39 is 5.69 Å². The molecule has 0 aliphatic rings. The molecule has 1 aromatic rings. The molecular weight excluding hydrogens is 120 g/mol. The van der Waals surface area contributed by atoms with Gasteiger partial charge in [-0.1, -0.05) is 0 Å². The molecule has 5 heteroatoms. The van der Waals surface area contributed by atoms with E-state index in [1.54, 1.807) is 6.92 Å². The first-order chi connectivity index (χ1) is 4.20. The fraction of sp³-hybridized carbons (Fsp3) is 0.250. The van der Waals surface area contributed by atoms with E-state index in [0.717, 1.165) is 4.68 Å². The van der Waals surface area contributed by atoms with Crippen LogP contribution in [0.15, 0.2) is 4.79 Å². The Morgan fingerprint density at radius 2 is 2.44 bits per heavy atom. The normalized spacial score (nSPS) is 9.44. The maximum absolute atomic E-state index is 10.3. The molecule has 5 nitrogen and oxygen atoms in total. The highest BCUT2D eigenvalue weighted by atomic mass is 16.1. The molecule has 0 amide bonds. The smallest absolute Gasteiger partial charge is 0.336 e. The van der Waals surface area contributed by atoms with Gasteiger partial charge in [-0.15, -0.1) is 0 Å². The molecule has 0 aromatic carbocycles. The van der Waals surface area contributed by atoms with E-state index in [4.69, 9.17) is 5.84 Å². The molecule has 1 radical (unpaired) electrons. The van der Waals surface area contributed by atoms with Crippen molar-refractivity contribution >= 4 is 0 Å². The Morgan fingerprint density at radius 1 is 1.78 bits per heavy atom. The highest BCUT2D eigenvalue weighted by molar-refractivity contribution is 4.79. The molecule has 1 heterocycles. The van der Waals surface area contributed by atoms with Crippen molar-refractivity contribution in [2.24, 2.45) is 0 Å². The number of nitrogens with two attached hydrogens (primary N) is 1. The number of nitrogens with zero attached hydrogens (tertiary/aromatic N) is 3. The number of rotatable bonds is 0. The maximum Gasteiger partial charge on any atom is 0.370 e. The standard InChI is InChI=1S/C4H5N4O/c1-3-7-4(9)6-2-8(3)5/h5H2,1H3. The Morgan fingerprint density at radius 3 is 2.89 bits per heavy atom. The van der Waals surface area contributed by atoms with Gasteiger partial charge < -0.3 is 5.84 Å². The van der Waals surface area contributed by atoms with Crippen molar-refractivity contribution in [1.82, 2.24) is 14.6 Å². The summed E-state index contributed by atoms with van der Waals surface area (Å²) in [4.78, 5) is 16.9. The van der Waals surface area contributed by atoms with Crippen molar-refractivity contribution < 1.29 is 0 Å².